The van der Waals surface area contributed by atoms with Crippen molar-refractivity contribution < 1.29 is 18.4 Å². The maximum Gasteiger partial charge on any atom is 0.222 e. The van der Waals surface area contributed by atoms with E-state index in [0.29, 0.717) is 38.3 Å². The molecule has 2 saturated carbocycles. The average Bonchev–Trinajstić information content (AvgIpc) is 3.54. The molecule has 0 spiro atoms. The van der Waals surface area contributed by atoms with Crippen LogP contribution in [0.25, 0.3) is 0 Å². The molecule has 0 atom stereocenters. The Morgan fingerprint density at radius 2 is 1.62 bits per heavy atom. The second-order valence-electron chi connectivity index (χ2n) is 8.19. The normalized spacial score (nSPS) is 21.3. The van der Waals surface area contributed by atoms with Gasteiger partial charge in [-0.25, -0.2) is 8.78 Å². The van der Waals surface area contributed by atoms with Gasteiger partial charge in [0.25, 0.3) is 0 Å². The van der Waals surface area contributed by atoms with E-state index < -0.39 is 11.6 Å². The topological polar surface area (TPSA) is 37.4 Å². The quantitative estimate of drug-likeness (QED) is 0.712. The maximum atomic E-state index is 13.8. The zero-order valence-corrected chi connectivity index (χ0v) is 14.9. The van der Waals surface area contributed by atoms with Crippen LogP contribution in [0.3, 0.4) is 0 Å². The predicted molar refractivity (Wildman–Crippen MR) is 93.5 cm³/mol. The zero-order valence-electron chi connectivity index (χ0n) is 14.9. The van der Waals surface area contributed by atoms with E-state index in [2.05, 4.69) is 0 Å². The highest BCUT2D eigenvalue weighted by atomic mass is 19.1. The van der Waals surface area contributed by atoms with Crippen molar-refractivity contribution in [2.24, 2.45) is 23.7 Å². The van der Waals surface area contributed by atoms with Crippen LogP contribution in [-0.2, 0) is 4.79 Å². The van der Waals surface area contributed by atoms with Crippen molar-refractivity contribution in [1.29, 1.82) is 0 Å². The van der Waals surface area contributed by atoms with Crippen LogP contribution in [0.1, 0.15) is 55.3 Å². The third kappa shape index (κ3) is 3.81. The fraction of sp³-hybridized carbons (Fsp3) is 0.619. The Hall–Kier alpha value is -1.78. The number of benzene rings is 1. The third-order valence-electron chi connectivity index (χ3n) is 6.28. The van der Waals surface area contributed by atoms with Gasteiger partial charge >= 0.3 is 0 Å². The minimum Gasteiger partial charge on any atom is -0.343 e. The maximum absolute atomic E-state index is 13.8. The number of ketones is 1. The van der Waals surface area contributed by atoms with Gasteiger partial charge in [0.05, 0.1) is 5.56 Å². The van der Waals surface area contributed by atoms with Gasteiger partial charge in [0.1, 0.15) is 11.6 Å². The van der Waals surface area contributed by atoms with Crippen molar-refractivity contribution in [3.8, 4) is 0 Å². The summed E-state index contributed by atoms with van der Waals surface area (Å²) >= 11 is 0. The number of nitrogens with zero attached hydrogens (tertiary/aromatic N) is 1. The van der Waals surface area contributed by atoms with Crippen LogP contribution in [0.4, 0.5) is 8.78 Å². The van der Waals surface area contributed by atoms with Gasteiger partial charge in [-0.1, -0.05) is 0 Å². The number of hydrogen-bond acceptors (Lipinski definition) is 2. The van der Waals surface area contributed by atoms with Crippen molar-refractivity contribution >= 4 is 11.7 Å². The Morgan fingerprint density at radius 3 is 2.19 bits per heavy atom. The lowest BCUT2D eigenvalue weighted by atomic mass is 9.87. The molecule has 5 heteroatoms. The summed E-state index contributed by atoms with van der Waals surface area (Å²) in [5, 5.41) is 0. The highest BCUT2D eigenvalue weighted by molar-refractivity contribution is 5.98. The lowest BCUT2D eigenvalue weighted by Gasteiger charge is -2.32. The number of hydrogen-bond donors (Lipinski definition) is 0. The van der Waals surface area contributed by atoms with E-state index in [1.807, 2.05) is 4.90 Å². The van der Waals surface area contributed by atoms with Gasteiger partial charge < -0.3 is 4.90 Å². The molecule has 2 aliphatic carbocycles. The SMILES string of the molecule is O=C(c1cc(F)ccc1F)C1CCN(C(=O)CC(C2CC2)C2CC2)CC1. The first-order valence-electron chi connectivity index (χ1n) is 9.80. The molecule has 4 rings (SSSR count). The molecular weight excluding hydrogens is 336 g/mol. The zero-order chi connectivity index (χ0) is 18.3. The molecule has 0 radical (unpaired) electrons. The second-order valence-corrected chi connectivity index (χ2v) is 8.19. The van der Waals surface area contributed by atoms with Crippen LogP contribution in [0.15, 0.2) is 18.2 Å². The van der Waals surface area contributed by atoms with Gasteiger partial charge in [-0.15, -0.1) is 0 Å². The summed E-state index contributed by atoms with van der Waals surface area (Å²) in [6.45, 7) is 1.07. The molecule has 1 heterocycles. The van der Waals surface area contributed by atoms with E-state index in [4.69, 9.17) is 0 Å². The van der Waals surface area contributed by atoms with E-state index in [-0.39, 0.29) is 23.2 Å². The van der Waals surface area contributed by atoms with Crippen molar-refractivity contribution in [3.63, 3.8) is 0 Å². The molecule has 1 amide bonds. The van der Waals surface area contributed by atoms with E-state index >= 15 is 0 Å². The first-order chi connectivity index (χ1) is 12.5. The molecule has 0 bridgehead atoms. The number of carbonyl (C=O) groups excluding carboxylic acids is 2. The number of Topliss-reactive ketones (excluding diaryl/α,β-unsaturated/α-hetero) is 1. The van der Waals surface area contributed by atoms with Crippen LogP contribution in [0.5, 0.6) is 0 Å². The smallest absolute Gasteiger partial charge is 0.222 e. The Bertz CT molecular complexity index is 692. The fourth-order valence-corrected chi connectivity index (χ4v) is 4.40. The second kappa shape index (κ2) is 7.09. The number of amides is 1. The van der Waals surface area contributed by atoms with Gasteiger partial charge in [-0.3, -0.25) is 9.59 Å². The van der Waals surface area contributed by atoms with Crippen LogP contribution in [0, 0.1) is 35.3 Å². The number of halogens is 2. The molecule has 0 N–H and O–H groups in total. The minimum absolute atomic E-state index is 0.169. The lowest BCUT2D eigenvalue weighted by molar-refractivity contribution is -0.133. The molecule has 0 aromatic heterocycles. The van der Waals surface area contributed by atoms with E-state index in [0.717, 1.165) is 30.0 Å². The van der Waals surface area contributed by atoms with Crippen LogP contribution >= 0.6 is 0 Å². The Morgan fingerprint density at radius 1 is 1.00 bits per heavy atom. The van der Waals surface area contributed by atoms with E-state index in [1.54, 1.807) is 0 Å². The molecule has 1 aliphatic heterocycles. The number of rotatable bonds is 6. The van der Waals surface area contributed by atoms with Crippen LogP contribution < -0.4 is 0 Å². The fourth-order valence-electron chi connectivity index (χ4n) is 4.40. The van der Waals surface area contributed by atoms with Gasteiger partial charge in [0.2, 0.25) is 5.91 Å². The van der Waals surface area contributed by atoms with E-state index in [1.165, 1.54) is 25.7 Å². The molecule has 1 aromatic rings. The Balaban J connectivity index is 1.32. The molecule has 3 fully saturated rings. The van der Waals surface area contributed by atoms with Crippen molar-refractivity contribution in [1.82, 2.24) is 4.90 Å². The molecule has 140 valence electrons. The summed E-state index contributed by atoms with van der Waals surface area (Å²) in [7, 11) is 0. The molecule has 3 aliphatic rings. The number of piperidine rings is 1. The van der Waals surface area contributed by atoms with Gasteiger partial charge in [0, 0.05) is 25.4 Å². The first kappa shape index (κ1) is 17.6. The molecular formula is C21H25F2NO2. The first-order valence-corrected chi connectivity index (χ1v) is 9.80. The summed E-state index contributed by atoms with van der Waals surface area (Å²) in [6.07, 6.45) is 6.77. The van der Waals surface area contributed by atoms with Gasteiger partial charge in [-0.2, -0.15) is 0 Å². The lowest BCUT2D eigenvalue weighted by Crippen LogP contribution is -2.41. The number of likely N-dealkylation sites (tertiary alicyclic amines) is 1. The largest absolute Gasteiger partial charge is 0.343 e. The third-order valence-corrected chi connectivity index (χ3v) is 6.28. The summed E-state index contributed by atoms with van der Waals surface area (Å²) in [5.41, 5.74) is -0.169. The van der Waals surface area contributed by atoms with Gasteiger partial charge in [0.15, 0.2) is 5.78 Å². The number of carbonyl (C=O) groups is 2. The Kier molecular flexibility index (Phi) is 4.80. The summed E-state index contributed by atoms with van der Waals surface area (Å²) in [5.74, 6) is 0.309. The average molecular weight is 361 g/mol. The molecule has 26 heavy (non-hydrogen) atoms. The van der Waals surface area contributed by atoms with Crippen molar-refractivity contribution in [3.05, 3.63) is 35.4 Å². The summed E-state index contributed by atoms with van der Waals surface area (Å²) < 4.78 is 27.2. The summed E-state index contributed by atoms with van der Waals surface area (Å²) in [6, 6.07) is 2.99. The van der Waals surface area contributed by atoms with Crippen LogP contribution in [0.2, 0.25) is 0 Å². The highest BCUT2D eigenvalue weighted by Crippen LogP contribution is 2.50. The highest BCUT2D eigenvalue weighted by Gasteiger charge is 2.43. The van der Waals surface area contributed by atoms with Crippen molar-refractivity contribution in [2.75, 3.05) is 13.1 Å². The standard InChI is InChI=1S/C21H25F2NO2/c22-16-5-6-19(23)18(11-16)21(26)15-7-9-24(10-8-15)20(25)12-17(13-1-2-13)14-3-4-14/h5-6,11,13-15,17H,1-4,7-10,12H2. The summed E-state index contributed by atoms with van der Waals surface area (Å²) in [4.78, 5) is 27.0. The van der Waals surface area contributed by atoms with Crippen molar-refractivity contribution in [2.45, 2.75) is 44.9 Å². The predicted octanol–water partition coefficient (Wildman–Crippen LogP) is 4.21. The molecule has 1 saturated heterocycles. The monoisotopic (exact) mass is 361 g/mol. The van der Waals surface area contributed by atoms with E-state index in [9.17, 15) is 18.4 Å². The Labute approximate surface area is 152 Å². The van der Waals surface area contributed by atoms with Gasteiger partial charge in [-0.05, 0) is 74.5 Å². The molecule has 0 unspecified atom stereocenters. The van der Waals surface area contributed by atoms with Crippen LogP contribution in [-0.4, -0.2) is 29.7 Å². The minimum atomic E-state index is -0.674. The molecule has 1 aromatic carbocycles. The molecule has 3 nitrogen and oxygen atoms in total.